The van der Waals surface area contributed by atoms with Gasteiger partial charge in [-0.05, 0) is 51.0 Å². The van der Waals surface area contributed by atoms with Crippen LogP contribution in [0.2, 0.25) is 0 Å². The average Bonchev–Trinajstić information content (AvgIpc) is 3.32. The van der Waals surface area contributed by atoms with Gasteiger partial charge in [-0.2, -0.15) is 0 Å². The Morgan fingerprint density at radius 2 is 1.84 bits per heavy atom. The highest BCUT2D eigenvalue weighted by Gasteiger charge is 2.30. The number of rotatable bonds is 8. The molecule has 0 atom stereocenters. The standard InChI is InChI=1S/C15H25N3S/c1-3-13-14(8-16-2)19-15(17-13)18(9-11-4-5-11)10-12-6-7-12/h11-12,16H,3-10H2,1-2H3. The lowest BCUT2D eigenvalue weighted by Crippen LogP contribution is -2.27. The summed E-state index contributed by atoms with van der Waals surface area (Å²) in [5.41, 5.74) is 1.30. The van der Waals surface area contributed by atoms with E-state index in [1.165, 1.54) is 54.5 Å². The molecule has 1 aromatic rings. The smallest absolute Gasteiger partial charge is 0.185 e. The minimum Gasteiger partial charge on any atom is -0.348 e. The molecule has 0 unspecified atom stereocenters. The molecule has 2 saturated carbocycles. The quantitative estimate of drug-likeness (QED) is 0.793. The number of aryl methyl sites for hydroxylation is 1. The van der Waals surface area contributed by atoms with Crippen LogP contribution in [0.3, 0.4) is 0 Å². The van der Waals surface area contributed by atoms with E-state index in [9.17, 15) is 0 Å². The van der Waals surface area contributed by atoms with Crippen LogP contribution in [-0.2, 0) is 13.0 Å². The summed E-state index contributed by atoms with van der Waals surface area (Å²) in [6, 6.07) is 0. The molecule has 3 nitrogen and oxygen atoms in total. The zero-order valence-corrected chi connectivity index (χ0v) is 12.9. The Balaban J connectivity index is 1.74. The summed E-state index contributed by atoms with van der Waals surface area (Å²) in [4.78, 5) is 8.92. The van der Waals surface area contributed by atoms with Crippen LogP contribution in [0.25, 0.3) is 0 Å². The van der Waals surface area contributed by atoms with Crippen LogP contribution in [0.15, 0.2) is 0 Å². The second-order valence-electron chi connectivity index (χ2n) is 6.04. The highest BCUT2D eigenvalue weighted by atomic mass is 32.1. The monoisotopic (exact) mass is 279 g/mol. The number of thiazole rings is 1. The fourth-order valence-electron chi connectivity index (χ4n) is 2.53. The molecule has 0 saturated heterocycles. The number of hydrogen-bond acceptors (Lipinski definition) is 4. The van der Waals surface area contributed by atoms with Crippen molar-refractivity contribution >= 4 is 16.5 Å². The van der Waals surface area contributed by atoms with E-state index in [1.54, 1.807) is 0 Å². The van der Waals surface area contributed by atoms with Crippen LogP contribution in [-0.4, -0.2) is 25.1 Å². The number of nitrogens with one attached hydrogen (secondary N) is 1. The minimum absolute atomic E-state index is 0.945. The summed E-state index contributed by atoms with van der Waals surface area (Å²) >= 11 is 1.91. The van der Waals surface area contributed by atoms with Crippen molar-refractivity contribution in [1.82, 2.24) is 10.3 Å². The molecular weight excluding hydrogens is 254 g/mol. The molecule has 2 aliphatic rings. The predicted octanol–water partition coefficient (Wildman–Crippen LogP) is 3.05. The van der Waals surface area contributed by atoms with Gasteiger partial charge in [0.05, 0.1) is 5.69 Å². The molecule has 0 bridgehead atoms. The molecule has 0 aromatic carbocycles. The third-order valence-corrected chi connectivity index (χ3v) is 5.22. The van der Waals surface area contributed by atoms with Crippen LogP contribution in [0.5, 0.6) is 0 Å². The molecule has 106 valence electrons. The largest absolute Gasteiger partial charge is 0.348 e. The van der Waals surface area contributed by atoms with E-state index < -0.39 is 0 Å². The third kappa shape index (κ3) is 3.48. The average molecular weight is 279 g/mol. The molecule has 1 N–H and O–H groups in total. The van der Waals surface area contributed by atoms with Crippen LogP contribution >= 0.6 is 11.3 Å². The Labute approximate surface area is 120 Å². The van der Waals surface area contributed by atoms with E-state index in [4.69, 9.17) is 4.98 Å². The first kappa shape index (κ1) is 13.4. The lowest BCUT2D eigenvalue weighted by Gasteiger charge is -2.21. The third-order valence-electron chi connectivity index (χ3n) is 4.06. The van der Waals surface area contributed by atoms with Crippen molar-refractivity contribution in [3.05, 3.63) is 10.6 Å². The van der Waals surface area contributed by atoms with E-state index >= 15 is 0 Å². The molecule has 3 rings (SSSR count). The maximum Gasteiger partial charge on any atom is 0.185 e. The fraction of sp³-hybridized carbons (Fsp3) is 0.800. The van der Waals surface area contributed by atoms with Gasteiger partial charge in [-0.3, -0.25) is 0 Å². The van der Waals surface area contributed by atoms with Crippen LogP contribution < -0.4 is 10.2 Å². The molecule has 0 aliphatic heterocycles. The fourth-order valence-corrected chi connectivity index (χ4v) is 3.71. The number of anilines is 1. The van der Waals surface area contributed by atoms with Gasteiger partial charge in [-0.1, -0.05) is 6.92 Å². The van der Waals surface area contributed by atoms with Gasteiger partial charge in [0.25, 0.3) is 0 Å². The van der Waals surface area contributed by atoms with E-state index in [-0.39, 0.29) is 0 Å². The van der Waals surface area contributed by atoms with Crippen molar-refractivity contribution in [2.45, 2.75) is 45.6 Å². The summed E-state index contributed by atoms with van der Waals surface area (Å²) in [5.74, 6) is 1.89. The zero-order valence-electron chi connectivity index (χ0n) is 12.1. The molecule has 0 radical (unpaired) electrons. The van der Waals surface area contributed by atoms with E-state index in [2.05, 4.69) is 17.1 Å². The SMILES string of the molecule is CCc1nc(N(CC2CC2)CC2CC2)sc1CNC. The van der Waals surface area contributed by atoms with Crippen LogP contribution in [0, 0.1) is 11.8 Å². The summed E-state index contributed by atoms with van der Waals surface area (Å²) in [6.45, 7) is 5.66. The molecule has 0 spiro atoms. The summed E-state index contributed by atoms with van der Waals surface area (Å²) in [6.07, 6.45) is 6.76. The maximum absolute atomic E-state index is 4.91. The first-order valence-electron chi connectivity index (χ1n) is 7.68. The van der Waals surface area contributed by atoms with Gasteiger partial charge in [0.2, 0.25) is 0 Å². The lowest BCUT2D eigenvalue weighted by atomic mass is 10.3. The molecule has 1 aromatic heterocycles. The van der Waals surface area contributed by atoms with Crippen molar-refractivity contribution in [2.24, 2.45) is 11.8 Å². The Kier molecular flexibility index (Phi) is 4.08. The summed E-state index contributed by atoms with van der Waals surface area (Å²) < 4.78 is 0. The van der Waals surface area contributed by atoms with Gasteiger partial charge >= 0.3 is 0 Å². The highest BCUT2D eigenvalue weighted by Crippen LogP contribution is 2.37. The Bertz CT molecular complexity index is 407. The van der Waals surface area contributed by atoms with Crippen molar-refractivity contribution in [3.63, 3.8) is 0 Å². The lowest BCUT2D eigenvalue weighted by molar-refractivity contribution is 0.676. The Morgan fingerprint density at radius 1 is 1.21 bits per heavy atom. The second-order valence-corrected chi connectivity index (χ2v) is 7.10. The topological polar surface area (TPSA) is 28.2 Å². The van der Waals surface area contributed by atoms with Gasteiger partial charge in [0.1, 0.15) is 0 Å². The highest BCUT2D eigenvalue weighted by molar-refractivity contribution is 7.15. The van der Waals surface area contributed by atoms with Crippen LogP contribution in [0.4, 0.5) is 5.13 Å². The molecule has 2 aliphatic carbocycles. The second kappa shape index (κ2) is 5.80. The first-order chi connectivity index (χ1) is 9.30. The molecule has 19 heavy (non-hydrogen) atoms. The Hall–Kier alpha value is -0.610. The number of aromatic nitrogens is 1. The maximum atomic E-state index is 4.91. The molecule has 0 amide bonds. The van der Waals surface area contributed by atoms with Crippen molar-refractivity contribution in [2.75, 3.05) is 25.0 Å². The zero-order chi connectivity index (χ0) is 13.2. The van der Waals surface area contributed by atoms with Gasteiger partial charge in [-0.25, -0.2) is 4.98 Å². The molecule has 1 heterocycles. The first-order valence-corrected chi connectivity index (χ1v) is 8.50. The molecular formula is C15H25N3S. The van der Waals surface area contributed by atoms with Gasteiger partial charge < -0.3 is 10.2 Å². The van der Waals surface area contributed by atoms with Crippen LogP contribution in [0.1, 0.15) is 43.2 Å². The van der Waals surface area contributed by atoms with Gasteiger partial charge in [-0.15, -0.1) is 11.3 Å². The van der Waals surface area contributed by atoms with E-state index in [0.29, 0.717) is 0 Å². The number of nitrogens with zero attached hydrogens (tertiary/aromatic N) is 2. The molecule has 2 fully saturated rings. The summed E-state index contributed by atoms with van der Waals surface area (Å²) in [7, 11) is 2.02. The van der Waals surface area contributed by atoms with E-state index in [1.807, 2.05) is 18.4 Å². The van der Waals surface area contributed by atoms with E-state index in [0.717, 1.165) is 24.8 Å². The van der Waals surface area contributed by atoms with Gasteiger partial charge in [0.15, 0.2) is 5.13 Å². The van der Waals surface area contributed by atoms with Gasteiger partial charge in [0, 0.05) is 24.5 Å². The predicted molar refractivity (Wildman–Crippen MR) is 81.9 cm³/mol. The normalized spacial score (nSPS) is 18.8. The Morgan fingerprint density at radius 3 is 2.32 bits per heavy atom. The van der Waals surface area contributed by atoms with Crippen molar-refractivity contribution in [3.8, 4) is 0 Å². The molecule has 4 heteroatoms. The van der Waals surface area contributed by atoms with Crippen molar-refractivity contribution < 1.29 is 0 Å². The minimum atomic E-state index is 0.945. The van der Waals surface area contributed by atoms with Crippen molar-refractivity contribution in [1.29, 1.82) is 0 Å². The summed E-state index contributed by atoms with van der Waals surface area (Å²) in [5, 5.41) is 4.55. The number of hydrogen-bond donors (Lipinski definition) is 1.